The van der Waals surface area contributed by atoms with Gasteiger partial charge >= 0.3 is 0 Å². The highest BCUT2D eigenvalue weighted by atomic mass is 16.2. The van der Waals surface area contributed by atoms with Gasteiger partial charge in [-0.1, -0.05) is 64.7 Å². The maximum Gasteiger partial charge on any atom is 0.222 e. The molecule has 2 saturated heterocycles. The second kappa shape index (κ2) is 14.1. The van der Waals surface area contributed by atoms with Crippen LogP contribution < -0.4 is 0 Å². The van der Waals surface area contributed by atoms with E-state index in [0.29, 0.717) is 11.8 Å². The predicted molar refractivity (Wildman–Crippen MR) is 105 cm³/mol. The summed E-state index contributed by atoms with van der Waals surface area (Å²) >= 11 is 0. The monoisotopic (exact) mass is 352 g/mol. The first-order valence-corrected chi connectivity index (χ1v) is 10.7. The Morgan fingerprint density at radius 1 is 0.720 bits per heavy atom. The molecule has 2 aliphatic rings. The Bertz CT molecular complexity index is 371. The van der Waals surface area contributed by atoms with E-state index in [9.17, 15) is 9.59 Å². The third-order valence-electron chi connectivity index (χ3n) is 5.26. The fourth-order valence-electron chi connectivity index (χ4n) is 3.51. The lowest BCUT2D eigenvalue weighted by Crippen LogP contribution is -2.25. The number of unbranched alkanes of at least 4 members (excludes halogenated alkanes) is 9. The van der Waals surface area contributed by atoms with Crippen LogP contribution >= 0.6 is 0 Å². The van der Waals surface area contributed by atoms with Crippen LogP contribution in [0.3, 0.4) is 0 Å². The van der Waals surface area contributed by atoms with Crippen LogP contribution in [0.1, 0.15) is 96.8 Å². The first kappa shape index (κ1) is 22.0. The molecular weight excluding hydrogens is 312 g/mol. The van der Waals surface area contributed by atoms with Crippen molar-refractivity contribution in [1.29, 1.82) is 0 Å². The van der Waals surface area contributed by atoms with Gasteiger partial charge in [0.05, 0.1) is 0 Å². The van der Waals surface area contributed by atoms with Crippen LogP contribution in [0.2, 0.25) is 0 Å². The quantitative estimate of drug-likeness (QED) is 0.503. The van der Waals surface area contributed by atoms with Crippen LogP contribution in [0, 0.1) is 0 Å². The molecule has 2 amide bonds. The van der Waals surface area contributed by atoms with Crippen molar-refractivity contribution in [2.45, 2.75) is 96.8 Å². The van der Waals surface area contributed by atoms with Gasteiger partial charge in [0.1, 0.15) is 0 Å². The molecule has 0 aromatic heterocycles. The molecule has 0 aliphatic carbocycles. The van der Waals surface area contributed by atoms with Crippen LogP contribution in [0.25, 0.3) is 0 Å². The van der Waals surface area contributed by atoms with Crippen molar-refractivity contribution in [1.82, 2.24) is 9.80 Å². The topological polar surface area (TPSA) is 40.6 Å². The average molecular weight is 353 g/mol. The van der Waals surface area contributed by atoms with Gasteiger partial charge in [-0.3, -0.25) is 9.59 Å². The van der Waals surface area contributed by atoms with E-state index >= 15 is 0 Å². The molecule has 4 nitrogen and oxygen atoms in total. The number of carbonyl (C=O) groups excluding carboxylic acids is 2. The summed E-state index contributed by atoms with van der Waals surface area (Å²) in [6.45, 7) is 5.25. The normalized spacial score (nSPS) is 17.2. The first-order valence-electron chi connectivity index (χ1n) is 10.7. The summed E-state index contributed by atoms with van der Waals surface area (Å²) < 4.78 is 0. The molecule has 2 fully saturated rings. The van der Waals surface area contributed by atoms with Crippen LogP contribution in [0.15, 0.2) is 0 Å². The van der Waals surface area contributed by atoms with E-state index in [1.807, 2.05) is 11.9 Å². The second-order valence-electron chi connectivity index (χ2n) is 7.59. The van der Waals surface area contributed by atoms with Gasteiger partial charge in [0, 0.05) is 39.5 Å². The summed E-state index contributed by atoms with van der Waals surface area (Å²) in [5.41, 5.74) is 0. The minimum atomic E-state index is 0.292. The Balaban J connectivity index is 0.000000370. The molecule has 2 heterocycles. The third-order valence-corrected chi connectivity index (χ3v) is 5.26. The third kappa shape index (κ3) is 10.5. The predicted octanol–water partition coefficient (Wildman–Crippen LogP) is 4.77. The highest BCUT2D eigenvalue weighted by molar-refractivity contribution is 5.78. The molecule has 0 atom stereocenters. The zero-order valence-corrected chi connectivity index (χ0v) is 16.7. The molecule has 0 radical (unpaired) electrons. The SMILES string of the molecule is CCCCCCCCCCCCN1CCCC1=O.CN1CCCC1=O. The van der Waals surface area contributed by atoms with E-state index in [1.54, 1.807) is 4.90 Å². The van der Waals surface area contributed by atoms with Gasteiger partial charge < -0.3 is 9.80 Å². The lowest BCUT2D eigenvalue weighted by atomic mass is 10.1. The summed E-state index contributed by atoms with van der Waals surface area (Å²) in [4.78, 5) is 25.7. The van der Waals surface area contributed by atoms with E-state index in [1.165, 1.54) is 64.2 Å². The number of likely N-dealkylation sites (tertiary alicyclic amines) is 2. The molecule has 0 unspecified atom stereocenters. The van der Waals surface area contributed by atoms with E-state index in [4.69, 9.17) is 0 Å². The lowest BCUT2D eigenvalue weighted by Gasteiger charge is -2.14. The Labute approximate surface area is 155 Å². The fraction of sp³-hybridized carbons (Fsp3) is 0.905. The molecule has 2 rings (SSSR count). The highest BCUT2D eigenvalue weighted by Gasteiger charge is 2.18. The highest BCUT2D eigenvalue weighted by Crippen LogP contribution is 2.13. The molecule has 4 heteroatoms. The molecule has 0 aromatic rings. The molecule has 0 saturated carbocycles. The molecular formula is C21H40N2O2. The van der Waals surface area contributed by atoms with Crippen LogP contribution in [0.5, 0.6) is 0 Å². The number of hydrogen-bond donors (Lipinski definition) is 0. The minimum Gasteiger partial charge on any atom is -0.346 e. The van der Waals surface area contributed by atoms with E-state index < -0.39 is 0 Å². The fourth-order valence-corrected chi connectivity index (χ4v) is 3.51. The minimum absolute atomic E-state index is 0.292. The van der Waals surface area contributed by atoms with Gasteiger partial charge in [-0.2, -0.15) is 0 Å². The van der Waals surface area contributed by atoms with Gasteiger partial charge in [-0.25, -0.2) is 0 Å². The molecule has 25 heavy (non-hydrogen) atoms. The number of amides is 2. The summed E-state index contributed by atoms with van der Waals surface area (Å²) in [6.07, 6.45) is 17.4. The zero-order chi connectivity index (χ0) is 18.3. The van der Waals surface area contributed by atoms with Crippen molar-refractivity contribution in [3.63, 3.8) is 0 Å². The second-order valence-corrected chi connectivity index (χ2v) is 7.59. The summed E-state index contributed by atoms with van der Waals surface area (Å²) in [7, 11) is 1.84. The van der Waals surface area contributed by atoms with Crippen LogP contribution in [-0.2, 0) is 9.59 Å². The lowest BCUT2D eigenvalue weighted by molar-refractivity contribution is -0.128. The van der Waals surface area contributed by atoms with Crippen molar-refractivity contribution in [3.05, 3.63) is 0 Å². The number of carbonyl (C=O) groups is 2. The van der Waals surface area contributed by atoms with Crippen molar-refractivity contribution in [3.8, 4) is 0 Å². The molecule has 0 N–H and O–H groups in total. The first-order chi connectivity index (χ1) is 12.1. The average Bonchev–Trinajstić information content (AvgIpc) is 3.18. The standard InChI is InChI=1S/C16H31NO.C5H9NO/c1-2-3-4-5-6-7-8-9-10-11-14-17-15-12-13-16(17)18;1-6-4-2-3-5(6)7/h2-15H2,1H3;2-4H2,1H3. The van der Waals surface area contributed by atoms with E-state index in [0.717, 1.165) is 45.3 Å². The molecule has 0 aromatic carbocycles. The maximum absolute atomic E-state index is 11.4. The van der Waals surface area contributed by atoms with Crippen molar-refractivity contribution in [2.24, 2.45) is 0 Å². The van der Waals surface area contributed by atoms with Gasteiger partial charge in [-0.05, 0) is 19.3 Å². The Morgan fingerprint density at radius 2 is 1.24 bits per heavy atom. The largest absolute Gasteiger partial charge is 0.346 e. The van der Waals surface area contributed by atoms with Crippen molar-refractivity contribution >= 4 is 11.8 Å². The van der Waals surface area contributed by atoms with Gasteiger partial charge in [-0.15, -0.1) is 0 Å². The molecule has 2 aliphatic heterocycles. The van der Waals surface area contributed by atoms with Gasteiger partial charge in [0.15, 0.2) is 0 Å². The number of nitrogens with zero attached hydrogens (tertiary/aromatic N) is 2. The van der Waals surface area contributed by atoms with Gasteiger partial charge in [0.25, 0.3) is 0 Å². The van der Waals surface area contributed by atoms with Crippen molar-refractivity contribution < 1.29 is 9.59 Å². The summed E-state index contributed by atoms with van der Waals surface area (Å²) in [6, 6.07) is 0. The van der Waals surface area contributed by atoms with Crippen molar-refractivity contribution in [2.75, 3.05) is 26.7 Å². The summed E-state index contributed by atoms with van der Waals surface area (Å²) in [5, 5.41) is 0. The smallest absolute Gasteiger partial charge is 0.222 e. The van der Waals surface area contributed by atoms with E-state index in [-0.39, 0.29) is 0 Å². The van der Waals surface area contributed by atoms with Gasteiger partial charge in [0.2, 0.25) is 11.8 Å². The van der Waals surface area contributed by atoms with E-state index in [2.05, 4.69) is 6.92 Å². The maximum atomic E-state index is 11.4. The number of hydrogen-bond acceptors (Lipinski definition) is 2. The number of rotatable bonds is 11. The summed E-state index contributed by atoms with van der Waals surface area (Å²) in [5.74, 6) is 0.672. The van der Waals surface area contributed by atoms with Crippen LogP contribution in [0.4, 0.5) is 0 Å². The Kier molecular flexibility index (Phi) is 12.4. The Hall–Kier alpha value is -1.06. The zero-order valence-electron chi connectivity index (χ0n) is 16.7. The molecule has 146 valence electrons. The molecule has 0 spiro atoms. The molecule has 0 bridgehead atoms. The Morgan fingerprint density at radius 3 is 1.64 bits per heavy atom. The van der Waals surface area contributed by atoms with Crippen LogP contribution in [-0.4, -0.2) is 48.3 Å².